The van der Waals surface area contributed by atoms with Gasteiger partial charge in [0, 0.05) is 25.1 Å². The Bertz CT molecular complexity index is 380. The van der Waals surface area contributed by atoms with E-state index in [-0.39, 0.29) is 18.0 Å². The van der Waals surface area contributed by atoms with Crippen molar-refractivity contribution in [2.24, 2.45) is 5.73 Å². The third-order valence-electron chi connectivity index (χ3n) is 3.01. The highest BCUT2D eigenvalue weighted by atomic mass is 16.5. The van der Waals surface area contributed by atoms with Crippen molar-refractivity contribution >= 4 is 5.91 Å². The maximum absolute atomic E-state index is 11.5. The Morgan fingerprint density at radius 2 is 2.20 bits per heavy atom. The van der Waals surface area contributed by atoms with Crippen LogP contribution >= 0.6 is 0 Å². The van der Waals surface area contributed by atoms with E-state index in [0.29, 0.717) is 6.42 Å². The summed E-state index contributed by atoms with van der Waals surface area (Å²) in [6.07, 6.45) is 0.394. The van der Waals surface area contributed by atoms with E-state index >= 15 is 0 Å². The molecule has 2 rings (SSSR count). The average molecular weight is 209 g/mol. The van der Waals surface area contributed by atoms with Crippen molar-refractivity contribution in [1.82, 2.24) is 10.1 Å². The van der Waals surface area contributed by atoms with E-state index in [1.54, 1.807) is 11.9 Å². The summed E-state index contributed by atoms with van der Waals surface area (Å²) in [6, 6.07) is -0.261. The number of likely N-dealkylation sites (tertiary alicyclic amines) is 1. The van der Waals surface area contributed by atoms with Crippen LogP contribution in [0.1, 0.15) is 29.5 Å². The van der Waals surface area contributed by atoms with Gasteiger partial charge in [0.1, 0.15) is 5.76 Å². The maximum Gasteiger partial charge on any atom is 0.224 e. The topological polar surface area (TPSA) is 72.4 Å². The third kappa shape index (κ3) is 1.43. The fourth-order valence-electron chi connectivity index (χ4n) is 2.22. The molecule has 82 valence electrons. The van der Waals surface area contributed by atoms with E-state index in [1.807, 2.05) is 13.8 Å². The van der Waals surface area contributed by atoms with Crippen LogP contribution in [0.3, 0.4) is 0 Å². The van der Waals surface area contributed by atoms with Crippen LogP contribution in [0.25, 0.3) is 0 Å². The molecule has 0 bridgehead atoms. The first-order valence-electron chi connectivity index (χ1n) is 4.96. The van der Waals surface area contributed by atoms with Gasteiger partial charge in [-0.2, -0.15) is 0 Å². The zero-order chi connectivity index (χ0) is 11.2. The van der Waals surface area contributed by atoms with Crippen LogP contribution in [-0.4, -0.2) is 29.1 Å². The van der Waals surface area contributed by atoms with Gasteiger partial charge in [0.2, 0.25) is 5.91 Å². The number of aryl methyl sites for hydroxylation is 2. The second kappa shape index (κ2) is 3.34. The van der Waals surface area contributed by atoms with Gasteiger partial charge in [0.15, 0.2) is 0 Å². The van der Waals surface area contributed by atoms with Gasteiger partial charge < -0.3 is 15.2 Å². The number of nitrogens with two attached hydrogens (primary N) is 1. The molecule has 0 aliphatic carbocycles. The van der Waals surface area contributed by atoms with Crippen molar-refractivity contribution in [1.29, 1.82) is 0 Å². The van der Waals surface area contributed by atoms with E-state index < -0.39 is 0 Å². The summed E-state index contributed by atoms with van der Waals surface area (Å²) in [5, 5.41) is 3.89. The molecule has 1 aromatic rings. The molecule has 2 atom stereocenters. The smallest absolute Gasteiger partial charge is 0.224 e. The highest BCUT2D eigenvalue weighted by Crippen LogP contribution is 2.34. The van der Waals surface area contributed by atoms with E-state index in [2.05, 4.69) is 5.16 Å². The molecule has 1 saturated heterocycles. The molecular formula is C10H15N3O2. The number of hydrogen-bond donors (Lipinski definition) is 1. The summed E-state index contributed by atoms with van der Waals surface area (Å²) in [6.45, 7) is 3.72. The number of aromatic nitrogens is 1. The number of carbonyl (C=O) groups excluding carboxylic acids is 1. The minimum Gasteiger partial charge on any atom is -0.361 e. The van der Waals surface area contributed by atoms with Gasteiger partial charge in [-0.15, -0.1) is 0 Å². The first kappa shape index (κ1) is 10.2. The normalized spacial score (nSPS) is 26.4. The minimum atomic E-state index is -0.167. The second-order valence-corrected chi connectivity index (χ2v) is 4.06. The van der Waals surface area contributed by atoms with E-state index in [0.717, 1.165) is 17.0 Å². The molecular weight excluding hydrogens is 194 g/mol. The number of carbonyl (C=O) groups is 1. The minimum absolute atomic E-state index is 0.0764. The van der Waals surface area contributed by atoms with Gasteiger partial charge in [-0.05, 0) is 13.8 Å². The largest absolute Gasteiger partial charge is 0.361 e. The summed E-state index contributed by atoms with van der Waals surface area (Å²) < 4.78 is 5.10. The van der Waals surface area contributed by atoms with Gasteiger partial charge in [-0.3, -0.25) is 4.79 Å². The predicted molar refractivity (Wildman–Crippen MR) is 54.1 cm³/mol. The van der Waals surface area contributed by atoms with Crippen LogP contribution < -0.4 is 5.73 Å². The number of hydrogen-bond acceptors (Lipinski definition) is 4. The Kier molecular flexibility index (Phi) is 2.26. The molecule has 0 spiro atoms. The van der Waals surface area contributed by atoms with Crippen LogP contribution in [0.2, 0.25) is 0 Å². The summed E-state index contributed by atoms with van der Waals surface area (Å²) in [5.41, 5.74) is 7.73. The van der Waals surface area contributed by atoms with Crippen molar-refractivity contribution in [3.63, 3.8) is 0 Å². The first-order chi connectivity index (χ1) is 7.02. The zero-order valence-electron chi connectivity index (χ0n) is 9.15. The van der Waals surface area contributed by atoms with Crippen molar-refractivity contribution in [2.45, 2.75) is 32.4 Å². The van der Waals surface area contributed by atoms with Gasteiger partial charge in [0.05, 0.1) is 11.7 Å². The third-order valence-corrected chi connectivity index (χ3v) is 3.01. The average Bonchev–Trinajstić information content (AvgIpc) is 2.59. The molecule has 0 aromatic carbocycles. The molecule has 2 heterocycles. The van der Waals surface area contributed by atoms with Crippen LogP contribution in [0.4, 0.5) is 0 Å². The number of rotatable bonds is 1. The Morgan fingerprint density at radius 1 is 1.53 bits per heavy atom. The molecule has 0 radical (unpaired) electrons. The fourth-order valence-corrected chi connectivity index (χ4v) is 2.22. The quantitative estimate of drug-likeness (QED) is 0.732. The fraction of sp³-hybridized carbons (Fsp3) is 0.600. The predicted octanol–water partition coefficient (Wildman–Crippen LogP) is 0.522. The molecule has 1 aliphatic rings. The lowest BCUT2D eigenvalue weighted by atomic mass is 9.99. The molecule has 0 saturated carbocycles. The van der Waals surface area contributed by atoms with Crippen LogP contribution in [0.5, 0.6) is 0 Å². The van der Waals surface area contributed by atoms with Crippen molar-refractivity contribution in [3.05, 3.63) is 17.0 Å². The molecule has 5 heteroatoms. The summed E-state index contributed by atoms with van der Waals surface area (Å²) >= 11 is 0. The van der Waals surface area contributed by atoms with Gasteiger partial charge in [0.25, 0.3) is 0 Å². The van der Waals surface area contributed by atoms with E-state index in [4.69, 9.17) is 10.3 Å². The molecule has 2 N–H and O–H groups in total. The van der Waals surface area contributed by atoms with Crippen LogP contribution in [0.15, 0.2) is 4.52 Å². The molecule has 1 aliphatic heterocycles. The highest BCUT2D eigenvalue weighted by molar-refractivity contribution is 5.80. The van der Waals surface area contributed by atoms with Crippen LogP contribution in [0, 0.1) is 13.8 Å². The molecule has 5 nitrogen and oxygen atoms in total. The van der Waals surface area contributed by atoms with Gasteiger partial charge in [-0.1, -0.05) is 5.16 Å². The number of likely N-dealkylation sites (N-methyl/N-ethyl adjacent to an activating group) is 1. The Balaban J connectivity index is 2.43. The molecule has 1 aromatic heterocycles. The maximum atomic E-state index is 11.5. The second-order valence-electron chi connectivity index (χ2n) is 4.06. The summed E-state index contributed by atoms with van der Waals surface area (Å²) in [7, 11) is 1.77. The number of nitrogens with zero attached hydrogens (tertiary/aromatic N) is 2. The highest BCUT2D eigenvalue weighted by Gasteiger charge is 2.39. The Hall–Kier alpha value is -1.36. The lowest BCUT2D eigenvalue weighted by Crippen LogP contribution is -2.31. The molecule has 1 amide bonds. The van der Waals surface area contributed by atoms with Gasteiger partial charge >= 0.3 is 0 Å². The van der Waals surface area contributed by atoms with Crippen LogP contribution in [-0.2, 0) is 4.79 Å². The Labute approximate surface area is 88.2 Å². The molecule has 0 unspecified atom stereocenters. The lowest BCUT2D eigenvalue weighted by molar-refractivity contribution is -0.127. The summed E-state index contributed by atoms with van der Waals surface area (Å²) in [5.74, 6) is 0.821. The van der Waals surface area contributed by atoms with E-state index in [9.17, 15) is 4.79 Å². The van der Waals surface area contributed by atoms with Gasteiger partial charge in [-0.25, -0.2) is 0 Å². The van der Waals surface area contributed by atoms with Crippen molar-refractivity contribution in [2.75, 3.05) is 7.05 Å². The zero-order valence-corrected chi connectivity index (χ0v) is 9.15. The lowest BCUT2D eigenvalue weighted by Gasteiger charge is -2.22. The summed E-state index contributed by atoms with van der Waals surface area (Å²) in [4.78, 5) is 13.2. The molecule has 15 heavy (non-hydrogen) atoms. The Morgan fingerprint density at radius 3 is 2.60 bits per heavy atom. The number of amides is 1. The molecule has 1 fully saturated rings. The first-order valence-corrected chi connectivity index (χ1v) is 4.96. The van der Waals surface area contributed by atoms with Crippen molar-refractivity contribution in [3.8, 4) is 0 Å². The standard InChI is InChI=1S/C10H15N3O2/c1-5-9(6(2)15-12-5)10-7(11)4-8(14)13(10)3/h7,10H,4,11H2,1-3H3/t7-,10-/m1/s1. The van der Waals surface area contributed by atoms with Crippen molar-refractivity contribution < 1.29 is 9.32 Å². The SMILES string of the molecule is Cc1noc(C)c1[C@H]1[C@H](N)CC(=O)N1C. The monoisotopic (exact) mass is 209 g/mol. The van der Waals surface area contributed by atoms with E-state index in [1.165, 1.54) is 0 Å².